The molecule has 0 radical (unpaired) electrons. The number of amides is 2. The molecule has 0 saturated heterocycles. The second-order valence-electron chi connectivity index (χ2n) is 9.63. The fourth-order valence-corrected chi connectivity index (χ4v) is 4.29. The number of carbonyl (C=O) groups excluding carboxylic acids is 2. The van der Waals surface area contributed by atoms with E-state index >= 15 is 0 Å². The van der Waals surface area contributed by atoms with Crippen molar-refractivity contribution in [1.82, 2.24) is 14.8 Å². The van der Waals surface area contributed by atoms with Gasteiger partial charge in [-0.15, -0.1) is 0 Å². The molecule has 2 aromatic carbocycles. The number of fused-ring (bicyclic) bond motifs is 1. The number of ether oxygens (including phenoxy) is 1. The van der Waals surface area contributed by atoms with E-state index in [0.717, 1.165) is 0 Å². The van der Waals surface area contributed by atoms with Gasteiger partial charge in [-0.05, 0) is 43.3 Å². The van der Waals surface area contributed by atoms with E-state index in [1.165, 1.54) is 41.4 Å². The van der Waals surface area contributed by atoms with Gasteiger partial charge in [0.15, 0.2) is 0 Å². The van der Waals surface area contributed by atoms with Crippen LogP contribution in [-0.2, 0) is 0 Å². The van der Waals surface area contributed by atoms with Crippen LogP contribution in [0.25, 0.3) is 0 Å². The molecule has 0 spiro atoms. The molecule has 39 heavy (non-hydrogen) atoms. The smallest absolute Gasteiger partial charge is 0.259 e. The molecule has 2 heterocycles. The molecule has 0 aliphatic carbocycles. The molecule has 3 atom stereocenters. The molecular formula is C30H29F2N3O4. The van der Waals surface area contributed by atoms with Crippen LogP contribution < -0.4 is 4.74 Å². The zero-order valence-electron chi connectivity index (χ0n) is 21.9. The molecule has 7 nitrogen and oxygen atoms in total. The number of benzene rings is 2. The number of aromatic nitrogens is 1. The first-order valence-electron chi connectivity index (χ1n) is 12.5. The highest BCUT2D eigenvalue weighted by atomic mass is 19.1. The summed E-state index contributed by atoms with van der Waals surface area (Å²) in [6.45, 7) is 3.70. The van der Waals surface area contributed by atoms with Gasteiger partial charge in [-0.2, -0.15) is 0 Å². The minimum atomic E-state index is -0.617. The molecule has 1 aromatic heterocycles. The summed E-state index contributed by atoms with van der Waals surface area (Å²) in [5.41, 5.74) is 0.991. The Kier molecular flexibility index (Phi) is 8.57. The molecule has 9 heteroatoms. The van der Waals surface area contributed by atoms with E-state index < -0.39 is 29.7 Å². The molecule has 1 aliphatic heterocycles. The van der Waals surface area contributed by atoms with Crippen molar-refractivity contribution in [3.8, 4) is 17.7 Å². The van der Waals surface area contributed by atoms with Crippen molar-refractivity contribution < 1.29 is 28.2 Å². The number of hydrogen-bond donors (Lipinski definition) is 1. The van der Waals surface area contributed by atoms with E-state index in [2.05, 4.69) is 16.8 Å². The zero-order chi connectivity index (χ0) is 28.1. The topological polar surface area (TPSA) is 83.0 Å². The Hall–Kier alpha value is -4.29. The summed E-state index contributed by atoms with van der Waals surface area (Å²) in [6, 6.07) is 12.7. The highest BCUT2D eigenvalue weighted by Crippen LogP contribution is 2.27. The van der Waals surface area contributed by atoms with Crippen LogP contribution in [0.4, 0.5) is 8.78 Å². The van der Waals surface area contributed by atoms with Gasteiger partial charge < -0.3 is 19.6 Å². The van der Waals surface area contributed by atoms with Crippen LogP contribution in [0.3, 0.4) is 0 Å². The molecule has 0 saturated carbocycles. The largest absolute Gasteiger partial charge is 0.472 e. The Morgan fingerprint density at radius 2 is 1.92 bits per heavy atom. The van der Waals surface area contributed by atoms with E-state index in [4.69, 9.17) is 4.74 Å². The van der Waals surface area contributed by atoms with Crippen LogP contribution in [0.2, 0.25) is 0 Å². The SMILES string of the molecule is C[C@H]1CN([C@@H](C)CO)C(=O)c2cc(C#Cc3cccc(F)c3)cnc2O[C@H]1CN(C)C(=O)c1ccccc1F. The molecule has 1 N–H and O–H groups in total. The normalized spacial score (nSPS) is 17.6. The minimum Gasteiger partial charge on any atom is -0.472 e. The Morgan fingerprint density at radius 3 is 2.64 bits per heavy atom. The molecule has 1 aliphatic rings. The second kappa shape index (κ2) is 12.0. The van der Waals surface area contributed by atoms with Gasteiger partial charge in [-0.1, -0.05) is 37.0 Å². The van der Waals surface area contributed by atoms with Crippen LogP contribution >= 0.6 is 0 Å². The molecule has 2 amide bonds. The molecule has 0 bridgehead atoms. The Labute approximate surface area is 226 Å². The van der Waals surface area contributed by atoms with Gasteiger partial charge >= 0.3 is 0 Å². The van der Waals surface area contributed by atoms with Crippen LogP contribution in [-0.4, -0.2) is 70.6 Å². The maximum Gasteiger partial charge on any atom is 0.259 e. The predicted molar refractivity (Wildman–Crippen MR) is 141 cm³/mol. The number of carbonyl (C=O) groups is 2. The van der Waals surface area contributed by atoms with E-state index in [-0.39, 0.29) is 48.5 Å². The zero-order valence-corrected chi connectivity index (χ0v) is 21.9. The summed E-state index contributed by atoms with van der Waals surface area (Å²) in [5.74, 6) is 3.66. The van der Waals surface area contributed by atoms with Crippen molar-refractivity contribution in [3.63, 3.8) is 0 Å². The molecule has 4 rings (SSSR count). The van der Waals surface area contributed by atoms with Gasteiger partial charge in [-0.3, -0.25) is 9.59 Å². The van der Waals surface area contributed by atoms with Crippen LogP contribution in [0.5, 0.6) is 5.88 Å². The predicted octanol–water partition coefficient (Wildman–Crippen LogP) is 3.75. The first kappa shape index (κ1) is 27.7. The fraction of sp³-hybridized carbons (Fsp3) is 0.300. The standard InChI is InChI=1S/C30H29F2N3O4/c1-19-16-35(20(2)18-36)30(38)25-14-22(12-11-21-7-6-8-23(31)13-21)15-33-28(25)39-27(19)17-34(3)29(37)24-9-4-5-10-26(24)32/h4-10,13-15,19-20,27,36H,16-18H2,1-3H3/t19-,20-,27-/m0/s1. The molecule has 3 aromatic rings. The van der Waals surface area contributed by atoms with Gasteiger partial charge in [0, 0.05) is 36.8 Å². The van der Waals surface area contributed by atoms with Gasteiger partial charge in [0.1, 0.15) is 23.3 Å². The maximum absolute atomic E-state index is 14.2. The summed E-state index contributed by atoms with van der Waals surface area (Å²) in [5, 5.41) is 9.84. The van der Waals surface area contributed by atoms with Gasteiger partial charge in [0.25, 0.3) is 11.8 Å². The Bertz CT molecular complexity index is 1430. The number of hydrogen-bond acceptors (Lipinski definition) is 5. The van der Waals surface area contributed by atoms with E-state index in [1.54, 1.807) is 43.1 Å². The number of likely N-dealkylation sites (N-methyl/N-ethyl adjacent to an activating group) is 1. The first-order valence-corrected chi connectivity index (χ1v) is 12.5. The summed E-state index contributed by atoms with van der Waals surface area (Å²) in [7, 11) is 1.56. The second-order valence-corrected chi connectivity index (χ2v) is 9.63. The summed E-state index contributed by atoms with van der Waals surface area (Å²) in [4.78, 5) is 33.8. The Balaban J connectivity index is 1.66. The van der Waals surface area contributed by atoms with Crippen LogP contribution in [0.1, 0.15) is 45.7 Å². The fourth-order valence-electron chi connectivity index (χ4n) is 4.29. The lowest BCUT2D eigenvalue weighted by Gasteiger charge is -2.37. The van der Waals surface area contributed by atoms with Crippen LogP contribution in [0.15, 0.2) is 60.8 Å². The van der Waals surface area contributed by atoms with Crippen molar-refractivity contribution in [1.29, 1.82) is 0 Å². The maximum atomic E-state index is 14.2. The van der Waals surface area contributed by atoms with Crippen molar-refractivity contribution in [2.45, 2.75) is 26.0 Å². The molecule has 0 unspecified atom stereocenters. The number of aliphatic hydroxyl groups excluding tert-OH is 1. The number of rotatable bonds is 5. The van der Waals surface area contributed by atoms with Crippen molar-refractivity contribution >= 4 is 11.8 Å². The highest BCUT2D eigenvalue weighted by molar-refractivity contribution is 5.97. The lowest BCUT2D eigenvalue weighted by molar-refractivity contribution is 0.0312. The van der Waals surface area contributed by atoms with E-state index in [0.29, 0.717) is 11.1 Å². The lowest BCUT2D eigenvalue weighted by Crippen LogP contribution is -2.50. The lowest BCUT2D eigenvalue weighted by atomic mass is 9.99. The summed E-state index contributed by atoms with van der Waals surface area (Å²) in [6.07, 6.45) is 0.859. The van der Waals surface area contributed by atoms with Crippen molar-refractivity contribution in [2.75, 3.05) is 26.7 Å². The third-order valence-corrected chi connectivity index (χ3v) is 6.60. The van der Waals surface area contributed by atoms with Gasteiger partial charge in [0.05, 0.1) is 24.8 Å². The Morgan fingerprint density at radius 1 is 1.18 bits per heavy atom. The van der Waals surface area contributed by atoms with Crippen molar-refractivity contribution in [2.24, 2.45) is 5.92 Å². The van der Waals surface area contributed by atoms with Crippen LogP contribution in [0, 0.1) is 29.4 Å². The van der Waals surface area contributed by atoms with Crippen molar-refractivity contribution in [3.05, 3.63) is 94.7 Å². The molecular weight excluding hydrogens is 504 g/mol. The van der Waals surface area contributed by atoms with E-state index in [1.807, 2.05) is 6.92 Å². The highest BCUT2D eigenvalue weighted by Gasteiger charge is 2.35. The van der Waals surface area contributed by atoms with E-state index in [9.17, 15) is 23.5 Å². The first-order chi connectivity index (χ1) is 18.7. The average Bonchev–Trinajstić information content (AvgIpc) is 2.93. The molecule has 202 valence electrons. The average molecular weight is 534 g/mol. The number of nitrogens with zero attached hydrogens (tertiary/aromatic N) is 3. The number of pyridine rings is 1. The van der Waals surface area contributed by atoms with Gasteiger partial charge in [-0.25, -0.2) is 13.8 Å². The number of aliphatic hydroxyl groups is 1. The third kappa shape index (κ3) is 6.41. The quantitative estimate of drug-likeness (QED) is 0.506. The van der Waals surface area contributed by atoms with Gasteiger partial charge in [0.2, 0.25) is 5.88 Å². The summed E-state index contributed by atoms with van der Waals surface area (Å²) >= 11 is 0. The number of halogens is 2. The third-order valence-electron chi connectivity index (χ3n) is 6.60. The monoisotopic (exact) mass is 533 g/mol. The minimum absolute atomic E-state index is 0.0516. The molecule has 0 fully saturated rings. The summed E-state index contributed by atoms with van der Waals surface area (Å²) < 4.78 is 34.0.